The SMILES string of the molecule is Cc1nc(C2C=CC=CN2)nc2ccccc12. The van der Waals surface area contributed by atoms with Crippen LogP contribution in [-0.2, 0) is 0 Å². The third-order valence-electron chi connectivity index (χ3n) is 2.88. The first-order valence-corrected chi connectivity index (χ1v) is 5.67. The molecule has 0 radical (unpaired) electrons. The Morgan fingerprint density at radius 3 is 2.82 bits per heavy atom. The smallest absolute Gasteiger partial charge is 0.155 e. The van der Waals surface area contributed by atoms with Crippen LogP contribution in [0, 0.1) is 6.92 Å². The number of aromatic nitrogens is 2. The number of benzene rings is 1. The fourth-order valence-corrected chi connectivity index (χ4v) is 2.00. The average molecular weight is 223 g/mol. The van der Waals surface area contributed by atoms with E-state index in [1.807, 2.05) is 43.5 Å². The Bertz CT molecular complexity index is 614. The summed E-state index contributed by atoms with van der Waals surface area (Å²) in [7, 11) is 0. The Kier molecular flexibility index (Phi) is 2.37. The molecule has 3 rings (SSSR count). The molecule has 0 saturated carbocycles. The Morgan fingerprint density at radius 2 is 2.00 bits per heavy atom. The lowest BCUT2D eigenvalue weighted by molar-refractivity contribution is 0.692. The summed E-state index contributed by atoms with van der Waals surface area (Å²) in [4.78, 5) is 9.17. The quantitative estimate of drug-likeness (QED) is 0.807. The third kappa shape index (κ3) is 1.80. The summed E-state index contributed by atoms with van der Waals surface area (Å²) in [6.45, 7) is 2.02. The van der Waals surface area contributed by atoms with E-state index in [0.29, 0.717) is 0 Å². The van der Waals surface area contributed by atoms with Crippen LogP contribution in [0.4, 0.5) is 0 Å². The Labute approximate surface area is 99.9 Å². The van der Waals surface area contributed by atoms with Crippen molar-refractivity contribution in [2.75, 3.05) is 0 Å². The predicted octanol–water partition coefficient (Wildman–Crippen LogP) is 2.65. The molecule has 3 heteroatoms. The van der Waals surface area contributed by atoms with E-state index in [0.717, 1.165) is 22.4 Å². The van der Waals surface area contributed by atoms with Gasteiger partial charge in [-0.25, -0.2) is 9.97 Å². The van der Waals surface area contributed by atoms with E-state index in [1.165, 1.54) is 0 Å². The second-order valence-corrected chi connectivity index (χ2v) is 4.07. The molecule has 0 bridgehead atoms. The molecule has 1 aliphatic heterocycles. The van der Waals surface area contributed by atoms with Gasteiger partial charge in [0.25, 0.3) is 0 Å². The lowest BCUT2D eigenvalue weighted by atomic mass is 10.1. The number of nitrogens with zero attached hydrogens (tertiary/aromatic N) is 2. The number of nitrogens with one attached hydrogen (secondary N) is 1. The monoisotopic (exact) mass is 223 g/mol. The van der Waals surface area contributed by atoms with Crippen LogP contribution in [0.2, 0.25) is 0 Å². The number of aryl methyl sites for hydroxylation is 1. The second kappa shape index (κ2) is 4.01. The lowest BCUT2D eigenvalue weighted by Gasteiger charge is -2.15. The van der Waals surface area contributed by atoms with Crippen molar-refractivity contribution >= 4 is 10.9 Å². The molecule has 0 amide bonds. The van der Waals surface area contributed by atoms with E-state index in [9.17, 15) is 0 Å². The van der Waals surface area contributed by atoms with Gasteiger partial charge in [-0.3, -0.25) is 0 Å². The van der Waals surface area contributed by atoms with Crippen molar-refractivity contribution < 1.29 is 0 Å². The van der Waals surface area contributed by atoms with Gasteiger partial charge in [0.2, 0.25) is 0 Å². The number of allylic oxidation sites excluding steroid dienone is 2. The molecule has 0 fully saturated rings. The van der Waals surface area contributed by atoms with Crippen molar-refractivity contribution in [2.45, 2.75) is 13.0 Å². The van der Waals surface area contributed by atoms with Crippen LogP contribution in [0.25, 0.3) is 10.9 Å². The maximum absolute atomic E-state index is 4.60. The van der Waals surface area contributed by atoms with E-state index in [2.05, 4.69) is 27.4 Å². The molecular formula is C14H13N3. The molecule has 2 aromatic rings. The average Bonchev–Trinajstić information content (AvgIpc) is 2.40. The summed E-state index contributed by atoms with van der Waals surface area (Å²) in [5, 5.41) is 4.35. The zero-order valence-electron chi connectivity index (χ0n) is 9.59. The fraction of sp³-hybridized carbons (Fsp3) is 0.143. The Morgan fingerprint density at radius 1 is 1.12 bits per heavy atom. The number of hydrogen-bond acceptors (Lipinski definition) is 3. The molecule has 1 aromatic heterocycles. The normalized spacial score (nSPS) is 18.3. The predicted molar refractivity (Wildman–Crippen MR) is 68.4 cm³/mol. The van der Waals surface area contributed by atoms with Crippen LogP contribution in [0.15, 0.2) is 48.7 Å². The number of dihydropyridines is 1. The molecule has 1 N–H and O–H groups in total. The zero-order chi connectivity index (χ0) is 11.7. The summed E-state index contributed by atoms with van der Waals surface area (Å²) in [6, 6.07) is 8.17. The van der Waals surface area contributed by atoms with Crippen LogP contribution < -0.4 is 5.32 Å². The first kappa shape index (κ1) is 10.0. The summed E-state index contributed by atoms with van der Waals surface area (Å²) in [5.74, 6) is 0.821. The minimum absolute atomic E-state index is 0.0725. The summed E-state index contributed by atoms with van der Waals surface area (Å²) >= 11 is 0. The number of rotatable bonds is 1. The minimum Gasteiger partial charge on any atom is -0.378 e. The van der Waals surface area contributed by atoms with Gasteiger partial charge in [-0.15, -0.1) is 0 Å². The summed E-state index contributed by atoms with van der Waals surface area (Å²) < 4.78 is 0. The molecule has 1 aliphatic rings. The van der Waals surface area contributed by atoms with Gasteiger partial charge >= 0.3 is 0 Å². The first-order chi connectivity index (χ1) is 8.34. The molecule has 1 unspecified atom stereocenters. The maximum Gasteiger partial charge on any atom is 0.155 e. The van der Waals surface area contributed by atoms with Gasteiger partial charge < -0.3 is 5.32 Å². The number of para-hydroxylation sites is 1. The standard InChI is InChI=1S/C14H13N3/c1-10-11-6-2-3-7-12(11)17-14(16-10)13-8-4-5-9-15-13/h2-9,13,15H,1H3. The van der Waals surface area contributed by atoms with E-state index in [1.54, 1.807) is 0 Å². The van der Waals surface area contributed by atoms with E-state index in [4.69, 9.17) is 0 Å². The van der Waals surface area contributed by atoms with Gasteiger partial charge in [0.15, 0.2) is 5.82 Å². The summed E-state index contributed by atoms with van der Waals surface area (Å²) in [6.07, 6.45) is 7.95. The highest BCUT2D eigenvalue weighted by Gasteiger charge is 2.12. The minimum atomic E-state index is 0.0725. The number of hydrogen-bond donors (Lipinski definition) is 1. The van der Waals surface area contributed by atoms with Crippen LogP contribution in [0.1, 0.15) is 17.6 Å². The van der Waals surface area contributed by atoms with Crippen LogP contribution in [0.3, 0.4) is 0 Å². The largest absolute Gasteiger partial charge is 0.378 e. The molecular weight excluding hydrogens is 210 g/mol. The maximum atomic E-state index is 4.60. The van der Waals surface area contributed by atoms with E-state index >= 15 is 0 Å². The fourth-order valence-electron chi connectivity index (χ4n) is 2.00. The van der Waals surface area contributed by atoms with Gasteiger partial charge in [0.1, 0.15) is 6.04 Å². The molecule has 17 heavy (non-hydrogen) atoms. The third-order valence-corrected chi connectivity index (χ3v) is 2.88. The highest BCUT2D eigenvalue weighted by molar-refractivity contribution is 5.80. The molecule has 0 spiro atoms. The highest BCUT2D eigenvalue weighted by Crippen LogP contribution is 2.19. The molecule has 84 valence electrons. The number of fused-ring (bicyclic) bond motifs is 1. The van der Waals surface area contributed by atoms with Gasteiger partial charge in [-0.05, 0) is 25.3 Å². The summed E-state index contributed by atoms with van der Waals surface area (Å²) in [5.41, 5.74) is 2.02. The van der Waals surface area contributed by atoms with Crippen molar-refractivity contribution in [3.05, 3.63) is 60.2 Å². The van der Waals surface area contributed by atoms with E-state index in [-0.39, 0.29) is 6.04 Å². The highest BCUT2D eigenvalue weighted by atomic mass is 15.0. The molecule has 0 saturated heterocycles. The van der Waals surface area contributed by atoms with Crippen LogP contribution in [0.5, 0.6) is 0 Å². The molecule has 0 aliphatic carbocycles. The van der Waals surface area contributed by atoms with Crippen molar-refractivity contribution in [1.82, 2.24) is 15.3 Å². The van der Waals surface area contributed by atoms with Gasteiger partial charge in [0.05, 0.1) is 5.52 Å². The van der Waals surface area contributed by atoms with Gasteiger partial charge in [0, 0.05) is 11.1 Å². The molecule has 3 nitrogen and oxygen atoms in total. The second-order valence-electron chi connectivity index (χ2n) is 4.07. The van der Waals surface area contributed by atoms with Crippen molar-refractivity contribution in [3.63, 3.8) is 0 Å². The van der Waals surface area contributed by atoms with Crippen LogP contribution >= 0.6 is 0 Å². The van der Waals surface area contributed by atoms with E-state index < -0.39 is 0 Å². The van der Waals surface area contributed by atoms with Crippen LogP contribution in [-0.4, -0.2) is 9.97 Å². The zero-order valence-corrected chi connectivity index (χ0v) is 9.59. The molecule has 1 aromatic carbocycles. The van der Waals surface area contributed by atoms with Crippen molar-refractivity contribution in [1.29, 1.82) is 0 Å². The molecule has 2 heterocycles. The Balaban J connectivity index is 2.12. The molecule has 1 atom stereocenters. The Hall–Kier alpha value is -2.16. The van der Waals surface area contributed by atoms with Gasteiger partial charge in [-0.2, -0.15) is 0 Å². The van der Waals surface area contributed by atoms with Crippen molar-refractivity contribution in [2.24, 2.45) is 0 Å². The lowest BCUT2D eigenvalue weighted by Crippen LogP contribution is -2.18. The van der Waals surface area contributed by atoms with Crippen molar-refractivity contribution in [3.8, 4) is 0 Å². The topological polar surface area (TPSA) is 37.8 Å². The van der Waals surface area contributed by atoms with Gasteiger partial charge in [-0.1, -0.05) is 30.4 Å². The first-order valence-electron chi connectivity index (χ1n) is 5.67.